The molecular formula is C22H18N4O. The number of nitrogens with zero attached hydrogens (tertiary/aromatic N) is 3. The Hall–Kier alpha value is -3.73. The Morgan fingerprint density at radius 1 is 0.815 bits per heavy atom. The molecule has 0 aliphatic heterocycles. The topological polar surface area (TPSA) is 63.7 Å². The van der Waals surface area contributed by atoms with E-state index in [1.54, 1.807) is 0 Å². The van der Waals surface area contributed by atoms with E-state index in [0.717, 1.165) is 28.0 Å². The van der Waals surface area contributed by atoms with Crippen molar-refractivity contribution in [2.24, 2.45) is 0 Å². The van der Waals surface area contributed by atoms with Gasteiger partial charge in [-0.05, 0) is 22.4 Å². The Morgan fingerprint density at radius 2 is 1.59 bits per heavy atom. The highest BCUT2D eigenvalue weighted by Gasteiger charge is 2.03. The highest BCUT2D eigenvalue weighted by molar-refractivity contribution is 5.73. The monoisotopic (exact) mass is 354 g/mol. The highest BCUT2D eigenvalue weighted by atomic mass is 16.5. The van der Waals surface area contributed by atoms with Crippen molar-refractivity contribution >= 4 is 12.2 Å². The largest absolute Gasteiger partial charge is 0.488 e. The number of benzene rings is 3. The Kier molecular flexibility index (Phi) is 5.02. The van der Waals surface area contributed by atoms with Gasteiger partial charge < -0.3 is 4.74 Å². The number of ether oxygens (including phenoxy) is 1. The van der Waals surface area contributed by atoms with Gasteiger partial charge in [-0.3, -0.25) is 0 Å². The summed E-state index contributed by atoms with van der Waals surface area (Å²) in [6.07, 6.45) is 4.12. The van der Waals surface area contributed by atoms with Crippen LogP contribution in [0.1, 0.15) is 16.7 Å². The molecule has 0 aliphatic rings. The third kappa shape index (κ3) is 4.27. The predicted molar refractivity (Wildman–Crippen MR) is 106 cm³/mol. The fourth-order valence-corrected chi connectivity index (χ4v) is 2.70. The maximum absolute atomic E-state index is 6.00. The van der Waals surface area contributed by atoms with Crippen molar-refractivity contribution in [2.75, 3.05) is 0 Å². The van der Waals surface area contributed by atoms with Crippen molar-refractivity contribution in [1.29, 1.82) is 0 Å². The number of aromatic nitrogens is 4. The summed E-state index contributed by atoms with van der Waals surface area (Å²) < 4.78 is 6.00. The van der Waals surface area contributed by atoms with Gasteiger partial charge in [0.05, 0.1) is 0 Å². The van der Waals surface area contributed by atoms with Crippen LogP contribution in [0.2, 0.25) is 0 Å². The molecule has 0 radical (unpaired) electrons. The van der Waals surface area contributed by atoms with Crippen LogP contribution in [0.3, 0.4) is 0 Å². The lowest BCUT2D eigenvalue weighted by atomic mass is 10.1. The minimum absolute atomic E-state index is 0.547. The Labute approximate surface area is 157 Å². The average molecular weight is 354 g/mol. The minimum Gasteiger partial charge on any atom is -0.488 e. The molecular weight excluding hydrogens is 336 g/mol. The number of rotatable bonds is 6. The molecule has 0 bridgehead atoms. The zero-order chi connectivity index (χ0) is 18.3. The number of aromatic amines is 1. The molecule has 1 heterocycles. The van der Waals surface area contributed by atoms with Crippen LogP contribution in [0, 0.1) is 0 Å². The van der Waals surface area contributed by atoms with Crippen LogP contribution in [-0.4, -0.2) is 20.6 Å². The van der Waals surface area contributed by atoms with Gasteiger partial charge in [-0.15, -0.1) is 10.2 Å². The lowest BCUT2D eigenvalue weighted by Gasteiger charge is -2.09. The van der Waals surface area contributed by atoms with Crippen molar-refractivity contribution in [1.82, 2.24) is 20.6 Å². The van der Waals surface area contributed by atoms with Crippen LogP contribution in [0.25, 0.3) is 23.5 Å². The van der Waals surface area contributed by atoms with Crippen LogP contribution in [0.5, 0.6) is 5.75 Å². The first kappa shape index (κ1) is 16.7. The van der Waals surface area contributed by atoms with Crippen molar-refractivity contribution in [3.05, 3.63) is 95.6 Å². The van der Waals surface area contributed by atoms with Gasteiger partial charge in [-0.25, -0.2) is 0 Å². The maximum atomic E-state index is 6.00. The molecule has 4 rings (SSSR count). The van der Waals surface area contributed by atoms with E-state index in [0.29, 0.717) is 12.4 Å². The first-order valence-corrected chi connectivity index (χ1v) is 8.66. The number of hydrogen-bond donors (Lipinski definition) is 1. The molecule has 1 N–H and O–H groups in total. The molecule has 0 saturated carbocycles. The number of hydrogen-bond acceptors (Lipinski definition) is 4. The van der Waals surface area contributed by atoms with Gasteiger partial charge in [0.15, 0.2) is 0 Å². The second-order valence-corrected chi connectivity index (χ2v) is 6.00. The van der Waals surface area contributed by atoms with Gasteiger partial charge in [0.25, 0.3) is 0 Å². The van der Waals surface area contributed by atoms with Gasteiger partial charge in [-0.2, -0.15) is 5.21 Å². The molecule has 132 valence electrons. The predicted octanol–water partition coefficient (Wildman–Crippen LogP) is 4.62. The van der Waals surface area contributed by atoms with Crippen LogP contribution in [0.15, 0.2) is 78.9 Å². The van der Waals surface area contributed by atoms with E-state index < -0.39 is 0 Å². The average Bonchev–Trinajstić information content (AvgIpc) is 3.27. The molecule has 27 heavy (non-hydrogen) atoms. The second-order valence-electron chi connectivity index (χ2n) is 6.00. The summed E-state index contributed by atoms with van der Waals surface area (Å²) in [6, 6.07) is 26.2. The molecule has 1 aromatic heterocycles. The number of tetrazole rings is 1. The van der Waals surface area contributed by atoms with Crippen LogP contribution >= 0.6 is 0 Å². The number of H-pyrrole nitrogens is 1. The Morgan fingerprint density at radius 3 is 2.37 bits per heavy atom. The summed E-state index contributed by atoms with van der Waals surface area (Å²) >= 11 is 0. The first-order chi connectivity index (χ1) is 13.4. The molecule has 0 spiro atoms. The standard InChI is InChI=1S/C22H18N4O/c1-2-6-18(7-3-1)16-27-21-9-5-4-8-19(21)13-10-17-11-14-20(15-12-17)22-23-25-26-24-22/h1-15H,16H2,(H,23,24,25,26). The molecule has 0 fully saturated rings. The molecule has 5 nitrogen and oxygen atoms in total. The normalized spacial score (nSPS) is 11.0. The molecule has 0 saturated heterocycles. The summed E-state index contributed by atoms with van der Waals surface area (Å²) in [5, 5.41) is 14.0. The fourth-order valence-electron chi connectivity index (χ4n) is 2.70. The quantitative estimate of drug-likeness (QED) is 0.513. The SMILES string of the molecule is C(=Cc1ccccc1OCc1ccccc1)c1ccc(-c2nn[nH]n2)cc1. The van der Waals surface area contributed by atoms with Crippen molar-refractivity contribution in [3.8, 4) is 17.1 Å². The highest BCUT2D eigenvalue weighted by Crippen LogP contribution is 2.22. The zero-order valence-electron chi connectivity index (χ0n) is 14.6. The molecule has 0 atom stereocenters. The Balaban J connectivity index is 1.47. The van der Waals surface area contributed by atoms with Gasteiger partial charge >= 0.3 is 0 Å². The third-order valence-corrected chi connectivity index (χ3v) is 4.13. The van der Waals surface area contributed by atoms with E-state index in [-0.39, 0.29) is 0 Å². The van der Waals surface area contributed by atoms with E-state index in [4.69, 9.17) is 4.74 Å². The van der Waals surface area contributed by atoms with E-state index in [1.165, 1.54) is 0 Å². The van der Waals surface area contributed by atoms with Gasteiger partial charge in [0.2, 0.25) is 5.82 Å². The van der Waals surface area contributed by atoms with Gasteiger partial charge in [0, 0.05) is 11.1 Å². The lowest BCUT2D eigenvalue weighted by Crippen LogP contribution is -1.96. The fraction of sp³-hybridized carbons (Fsp3) is 0.0455. The molecule has 4 aromatic rings. The van der Waals surface area contributed by atoms with Crippen molar-refractivity contribution in [3.63, 3.8) is 0 Å². The van der Waals surface area contributed by atoms with Crippen molar-refractivity contribution < 1.29 is 4.74 Å². The summed E-state index contributed by atoms with van der Waals surface area (Å²) in [5.41, 5.74) is 4.19. The third-order valence-electron chi connectivity index (χ3n) is 4.13. The smallest absolute Gasteiger partial charge is 0.204 e. The van der Waals surface area contributed by atoms with Crippen molar-refractivity contribution in [2.45, 2.75) is 6.61 Å². The van der Waals surface area contributed by atoms with Crippen LogP contribution in [0.4, 0.5) is 0 Å². The second kappa shape index (κ2) is 8.10. The van der Waals surface area contributed by atoms with E-state index in [1.807, 2.05) is 66.7 Å². The molecule has 0 amide bonds. The summed E-state index contributed by atoms with van der Waals surface area (Å²) in [5.74, 6) is 1.45. The molecule has 0 aliphatic carbocycles. The lowest BCUT2D eigenvalue weighted by molar-refractivity contribution is 0.305. The zero-order valence-corrected chi connectivity index (χ0v) is 14.6. The van der Waals surface area contributed by atoms with Gasteiger partial charge in [0.1, 0.15) is 12.4 Å². The van der Waals surface area contributed by atoms with Crippen LogP contribution < -0.4 is 4.74 Å². The number of para-hydroxylation sites is 1. The molecule has 3 aromatic carbocycles. The van der Waals surface area contributed by atoms with Gasteiger partial charge in [-0.1, -0.05) is 84.9 Å². The van der Waals surface area contributed by atoms with E-state index in [9.17, 15) is 0 Å². The van der Waals surface area contributed by atoms with E-state index >= 15 is 0 Å². The maximum Gasteiger partial charge on any atom is 0.204 e. The minimum atomic E-state index is 0.547. The first-order valence-electron chi connectivity index (χ1n) is 8.66. The molecule has 0 unspecified atom stereocenters. The van der Waals surface area contributed by atoms with E-state index in [2.05, 4.69) is 44.9 Å². The number of nitrogens with one attached hydrogen (secondary N) is 1. The summed E-state index contributed by atoms with van der Waals surface area (Å²) in [6.45, 7) is 0.547. The van der Waals surface area contributed by atoms with Crippen LogP contribution in [-0.2, 0) is 6.61 Å². The summed E-state index contributed by atoms with van der Waals surface area (Å²) in [4.78, 5) is 0. The molecule has 5 heteroatoms. The summed E-state index contributed by atoms with van der Waals surface area (Å²) in [7, 11) is 0. The Bertz CT molecular complexity index is 1010.